The Morgan fingerprint density at radius 3 is 2.69 bits per heavy atom. The van der Waals surface area contributed by atoms with Crippen LogP contribution < -0.4 is 21.3 Å². The molecule has 3 atom stereocenters. The van der Waals surface area contributed by atoms with Crippen LogP contribution in [0.25, 0.3) is 10.8 Å². The first-order chi connectivity index (χ1) is 15.5. The van der Waals surface area contributed by atoms with Gasteiger partial charge < -0.3 is 21.3 Å². The molecule has 170 valence electrons. The van der Waals surface area contributed by atoms with E-state index in [2.05, 4.69) is 37.2 Å². The third-order valence-corrected chi connectivity index (χ3v) is 8.13. The van der Waals surface area contributed by atoms with Crippen LogP contribution in [0.1, 0.15) is 36.0 Å². The van der Waals surface area contributed by atoms with E-state index in [0.29, 0.717) is 30.3 Å². The van der Waals surface area contributed by atoms with E-state index in [1.807, 2.05) is 42.1 Å². The lowest BCUT2D eigenvalue weighted by atomic mass is 10.0. The minimum atomic E-state index is -0.149. The van der Waals surface area contributed by atoms with Crippen LogP contribution in [0.5, 0.6) is 0 Å². The molecular weight excluding hydrogens is 492 g/mol. The molecule has 0 aromatic heterocycles. The maximum absolute atomic E-state index is 12.6. The molecule has 0 aliphatic carbocycles. The zero-order valence-corrected chi connectivity index (χ0v) is 20.1. The molecule has 32 heavy (non-hydrogen) atoms. The van der Waals surface area contributed by atoms with Gasteiger partial charge in [0.15, 0.2) is 0 Å². The fourth-order valence-electron chi connectivity index (χ4n) is 4.31. The molecule has 0 spiro atoms. The van der Waals surface area contributed by atoms with Crippen molar-refractivity contribution >= 4 is 56.3 Å². The average Bonchev–Trinajstić information content (AvgIpc) is 3.33. The van der Waals surface area contributed by atoms with Crippen molar-refractivity contribution in [1.29, 1.82) is 0 Å². The van der Waals surface area contributed by atoms with Gasteiger partial charge in [-0.15, -0.1) is 0 Å². The van der Waals surface area contributed by atoms with Crippen molar-refractivity contribution in [3.63, 3.8) is 0 Å². The van der Waals surface area contributed by atoms with Gasteiger partial charge in [0, 0.05) is 40.5 Å². The number of urea groups is 1. The average molecular weight is 519 g/mol. The molecule has 2 saturated heterocycles. The SMILES string of the molecule is O=C(CCCC[C@@H]1SC[C@@H]2NC(=O)N[C@@H]21)NCCNC(=O)c1cccc2c(Br)cccc12. The first-order valence-corrected chi connectivity index (χ1v) is 12.8. The van der Waals surface area contributed by atoms with Crippen molar-refractivity contribution in [3.05, 3.63) is 46.4 Å². The van der Waals surface area contributed by atoms with Crippen molar-refractivity contribution in [1.82, 2.24) is 21.3 Å². The predicted octanol–water partition coefficient (Wildman–Crippen LogP) is 3.17. The van der Waals surface area contributed by atoms with Crippen molar-refractivity contribution in [2.45, 2.75) is 43.0 Å². The predicted molar refractivity (Wildman–Crippen MR) is 131 cm³/mol. The molecule has 4 amide bonds. The Balaban J connectivity index is 1.12. The van der Waals surface area contributed by atoms with Gasteiger partial charge in [-0.1, -0.05) is 46.6 Å². The molecule has 2 aromatic rings. The Bertz CT molecular complexity index is 1020. The van der Waals surface area contributed by atoms with Crippen LogP contribution in [0, 0.1) is 0 Å². The zero-order chi connectivity index (χ0) is 22.5. The van der Waals surface area contributed by atoms with Crippen LogP contribution in [0.2, 0.25) is 0 Å². The molecule has 0 bridgehead atoms. The number of hydrogen-bond acceptors (Lipinski definition) is 4. The van der Waals surface area contributed by atoms with Gasteiger partial charge in [-0.2, -0.15) is 11.8 Å². The second-order valence-electron chi connectivity index (χ2n) is 8.11. The minimum absolute atomic E-state index is 0.00104. The Morgan fingerprint density at radius 2 is 1.81 bits per heavy atom. The van der Waals surface area contributed by atoms with Crippen LogP contribution in [0.15, 0.2) is 40.9 Å². The van der Waals surface area contributed by atoms with E-state index in [0.717, 1.165) is 40.3 Å². The number of rotatable bonds is 9. The number of hydrogen-bond donors (Lipinski definition) is 4. The molecule has 2 aliphatic rings. The topological polar surface area (TPSA) is 99.3 Å². The smallest absolute Gasteiger partial charge is 0.315 e. The fraction of sp³-hybridized carbons (Fsp3) is 0.435. The number of nitrogens with one attached hydrogen (secondary N) is 4. The van der Waals surface area contributed by atoms with E-state index in [4.69, 9.17) is 0 Å². The van der Waals surface area contributed by atoms with E-state index >= 15 is 0 Å². The molecule has 2 aliphatic heterocycles. The summed E-state index contributed by atoms with van der Waals surface area (Å²) in [6.45, 7) is 0.780. The monoisotopic (exact) mass is 518 g/mol. The number of benzene rings is 2. The fourth-order valence-corrected chi connectivity index (χ4v) is 6.35. The van der Waals surface area contributed by atoms with Crippen LogP contribution in [-0.4, -0.2) is 54.0 Å². The van der Waals surface area contributed by atoms with Crippen LogP contribution in [-0.2, 0) is 4.79 Å². The summed E-state index contributed by atoms with van der Waals surface area (Å²) in [7, 11) is 0. The van der Waals surface area contributed by atoms with Gasteiger partial charge in [-0.3, -0.25) is 9.59 Å². The molecule has 0 unspecified atom stereocenters. The molecule has 9 heteroatoms. The maximum Gasteiger partial charge on any atom is 0.315 e. The van der Waals surface area contributed by atoms with Gasteiger partial charge in [-0.05, 0) is 35.7 Å². The second-order valence-corrected chi connectivity index (χ2v) is 10.2. The number of carbonyl (C=O) groups is 3. The van der Waals surface area contributed by atoms with Crippen molar-refractivity contribution in [2.75, 3.05) is 18.8 Å². The van der Waals surface area contributed by atoms with Crippen molar-refractivity contribution in [3.8, 4) is 0 Å². The maximum atomic E-state index is 12.6. The quantitative estimate of drug-likeness (QED) is 0.302. The van der Waals surface area contributed by atoms with E-state index in [1.54, 1.807) is 6.07 Å². The Kier molecular flexibility index (Phi) is 7.57. The summed E-state index contributed by atoms with van der Waals surface area (Å²) in [6, 6.07) is 11.8. The van der Waals surface area contributed by atoms with Gasteiger partial charge in [-0.25, -0.2) is 4.79 Å². The summed E-state index contributed by atoms with van der Waals surface area (Å²) in [5.41, 5.74) is 0.621. The minimum Gasteiger partial charge on any atom is -0.354 e. The van der Waals surface area contributed by atoms with E-state index < -0.39 is 0 Å². The molecule has 2 fully saturated rings. The lowest BCUT2D eigenvalue weighted by Crippen LogP contribution is -2.36. The second kappa shape index (κ2) is 10.6. The van der Waals surface area contributed by atoms with Gasteiger partial charge in [0.1, 0.15) is 0 Å². The largest absolute Gasteiger partial charge is 0.354 e. The highest BCUT2D eigenvalue weighted by Crippen LogP contribution is 2.33. The first kappa shape index (κ1) is 22.9. The van der Waals surface area contributed by atoms with Gasteiger partial charge >= 0.3 is 6.03 Å². The van der Waals surface area contributed by atoms with Crippen molar-refractivity contribution in [2.24, 2.45) is 0 Å². The Labute approximate surface area is 200 Å². The van der Waals surface area contributed by atoms with Gasteiger partial charge in [0.05, 0.1) is 12.1 Å². The molecule has 2 aromatic carbocycles. The summed E-state index contributed by atoms with van der Waals surface area (Å²) in [5.74, 6) is 0.806. The third-order valence-electron chi connectivity index (χ3n) is 5.93. The number of halogens is 1. The van der Waals surface area contributed by atoms with E-state index in [-0.39, 0.29) is 29.9 Å². The number of unbranched alkanes of at least 4 members (excludes halogenated alkanes) is 1. The Morgan fingerprint density at radius 1 is 1.03 bits per heavy atom. The highest BCUT2D eigenvalue weighted by molar-refractivity contribution is 9.10. The standard InChI is InChI=1S/C23H27BrN4O3S/c24-17-8-4-5-14-15(17)6-3-7-16(14)22(30)26-12-11-25-20(29)10-2-1-9-19-21-18(13-32-19)27-23(31)28-21/h3-8,18-19,21H,1-2,9-13H2,(H,25,29)(H,26,30)(H2,27,28,31)/t18-,19-,21-/m0/s1. The van der Waals surface area contributed by atoms with Gasteiger partial charge in [0.25, 0.3) is 5.91 Å². The van der Waals surface area contributed by atoms with Crippen LogP contribution in [0.3, 0.4) is 0 Å². The Hall–Kier alpha value is -2.26. The summed E-state index contributed by atoms with van der Waals surface area (Å²) < 4.78 is 0.952. The lowest BCUT2D eigenvalue weighted by molar-refractivity contribution is -0.121. The van der Waals surface area contributed by atoms with Crippen LogP contribution in [0.4, 0.5) is 4.79 Å². The number of amides is 4. The molecule has 4 N–H and O–H groups in total. The highest BCUT2D eigenvalue weighted by Gasteiger charge is 2.42. The number of fused-ring (bicyclic) bond motifs is 2. The molecule has 0 radical (unpaired) electrons. The number of carbonyl (C=O) groups excluding carboxylic acids is 3. The highest BCUT2D eigenvalue weighted by atomic mass is 79.9. The zero-order valence-electron chi connectivity index (χ0n) is 17.7. The molecule has 7 nitrogen and oxygen atoms in total. The van der Waals surface area contributed by atoms with E-state index in [1.165, 1.54) is 0 Å². The summed E-state index contributed by atoms with van der Waals surface area (Å²) >= 11 is 5.41. The normalized spacial score (nSPS) is 21.7. The molecule has 2 heterocycles. The summed E-state index contributed by atoms with van der Waals surface area (Å²) in [5, 5.41) is 14.0. The molecule has 4 rings (SSSR count). The molecular formula is C23H27BrN4O3S. The molecule has 0 saturated carbocycles. The third kappa shape index (κ3) is 5.38. The van der Waals surface area contributed by atoms with E-state index in [9.17, 15) is 14.4 Å². The van der Waals surface area contributed by atoms with Crippen LogP contribution >= 0.6 is 27.7 Å². The summed E-state index contributed by atoms with van der Waals surface area (Å²) in [6.07, 6.45) is 3.25. The first-order valence-electron chi connectivity index (χ1n) is 10.9. The van der Waals surface area contributed by atoms with Gasteiger partial charge in [0.2, 0.25) is 5.91 Å². The van der Waals surface area contributed by atoms with Crippen molar-refractivity contribution < 1.29 is 14.4 Å². The lowest BCUT2D eigenvalue weighted by Gasteiger charge is -2.16. The number of thioether (sulfide) groups is 1. The summed E-state index contributed by atoms with van der Waals surface area (Å²) in [4.78, 5) is 36.1.